The zero-order chi connectivity index (χ0) is 22.6. The van der Waals surface area contributed by atoms with Crippen molar-refractivity contribution in [1.29, 1.82) is 0 Å². The predicted octanol–water partition coefficient (Wildman–Crippen LogP) is 3.37. The molecular weight excluding hydrogens is 434 g/mol. The molecule has 0 spiro atoms. The third kappa shape index (κ3) is 5.81. The monoisotopic (exact) mass is 461 g/mol. The van der Waals surface area contributed by atoms with E-state index in [-0.39, 0.29) is 4.90 Å². The van der Waals surface area contributed by atoms with Crippen LogP contribution in [0, 0.1) is 6.92 Å². The molecule has 2 aromatic carbocycles. The molecule has 0 aliphatic carbocycles. The van der Waals surface area contributed by atoms with Crippen LogP contribution in [0.25, 0.3) is 10.2 Å². The van der Waals surface area contributed by atoms with Gasteiger partial charge in [-0.15, -0.1) is 0 Å². The summed E-state index contributed by atoms with van der Waals surface area (Å²) in [5, 5.41) is 0.492. The molecule has 1 aromatic heterocycles. The minimum atomic E-state index is -3.76. The third-order valence-electron chi connectivity index (χ3n) is 4.80. The molecule has 0 N–H and O–H groups in total. The zero-order valence-electron chi connectivity index (χ0n) is 18.2. The van der Waals surface area contributed by atoms with Crippen molar-refractivity contribution in [2.75, 3.05) is 44.9 Å². The van der Waals surface area contributed by atoms with Gasteiger partial charge in [-0.25, -0.2) is 13.4 Å². The van der Waals surface area contributed by atoms with Crippen molar-refractivity contribution in [2.45, 2.75) is 18.2 Å². The summed E-state index contributed by atoms with van der Waals surface area (Å²) < 4.78 is 31.8. The maximum Gasteiger partial charge on any atom is 0.244 e. The molecule has 3 rings (SSSR count). The van der Waals surface area contributed by atoms with Crippen molar-refractivity contribution in [3.05, 3.63) is 48.0 Å². The van der Waals surface area contributed by atoms with Crippen molar-refractivity contribution >= 4 is 42.4 Å². The Morgan fingerprint density at radius 1 is 1.10 bits per heavy atom. The summed E-state index contributed by atoms with van der Waals surface area (Å²) in [6, 6.07) is 12.0. The maximum absolute atomic E-state index is 13.2. The lowest BCUT2D eigenvalue weighted by Gasteiger charge is -2.21. The lowest BCUT2D eigenvalue weighted by Crippen LogP contribution is -2.37. The average molecular weight is 462 g/mol. The van der Waals surface area contributed by atoms with Gasteiger partial charge in [0, 0.05) is 6.54 Å². The summed E-state index contributed by atoms with van der Waals surface area (Å²) in [5.74, 6) is -0.377. The van der Waals surface area contributed by atoms with Gasteiger partial charge in [-0.2, -0.15) is 0 Å². The molecule has 7 nitrogen and oxygen atoms in total. The van der Waals surface area contributed by atoms with Gasteiger partial charge in [-0.1, -0.05) is 29.0 Å². The number of nitrogens with zero attached hydrogens (tertiary/aromatic N) is 3. The first-order valence-electron chi connectivity index (χ1n) is 9.89. The molecule has 0 radical (unpaired) electrons. The van der Waals surface area contributed by atoms with E-state index in [1.165, 1.54) is 28.4 Å². The van der Waals surface area contributed by atoms with Gasteiger partial charge in [0.05, 0.1) is 22.2 Å². The number of hydrogen-bond acceptors (Lipinski definition) is 7. The molecule has 0 atom stereocenters. The normalized spacial score (nSPS) is 11.8. The van der Waals surface area contributed by atoms with Crippen molar-refractivity contribution < 1.29 is 17.9 Å². The number of carbonyl (C=O) groups is 1. The Morgan fingerprint density at radius 2 is 1.81 bits per heavy atom. The number of hydrogen-bond donors (Lipinski definition) is 0. The summed E-state index contributed by atoms with van der Waals surface area (Å²) >= 11 is 1.35. The first-order valence-corrected chi connectivity index (χ1v) is 12.4. The van der Waals surface area contributed by atoms with Crippen LogP contribution in [0.3, 0.4) is 0 Å². The number of carbonyl (C=O) groups excluding carboxylic acids is 1. The first kappa shape index (κ1) is 23.2. The highest BCUT2D eigenvalue weighted by molar-refractivity contribution is 7.92. The van der Waals surface area contributed by atoms with Crippen LogP contribution in [-0.4, -0.2) is 64.3 Å². The molecule has 0 saturated carbocycles. The number of anilines is 1. The fraction of sp³-hybridized carbons (Fsp3) is 0.364. The van der Waals surface area contributed by atoms with E-state index >= 15 is 0 Å². The van der Waals surface area contributed by atoms with E-state index in [1.807, 2.05) is 44.1 Å². The van der Waals surface area contributed by atoms with Gasteiger partial charge in [-0.3, -0.25) is 9.69 Å². The second kappa shape index (κ2) is 9.76. The fourth-order valence-electron chi connectivity index (χ4n) is 3.08. The summed E-state index contributed by atoms with van der Waals surface area (Å²) in [6.07, 6.45) is 0.697. The van der Waals surface area contributed by atoms with E-state index in [9.17, 15) is 13.2 Å². The van der Waals surface area contributed by atoms with Gasteiger partial charge in [0.25, 0.3) is 0 Å². The number of methoxy groups -OCH3 is 1. The molecule has 166 valence electrons. The van der Waals surface area contributed by atoms with Crippen LogP contribution in [0.1, 0.15) is 12.0 Å². The van der Waals surface area contributed by atoms with Crippen LogP contribution in [0.4, 0.5) is 5.13 Å². The molecule has 0 aliphatic heterocycles. The Hall–Kier alpha value is -2.49. The number of ether oxygens (including phenoxy) is 1. The SMILES string of the molecule is COc1ccc2nc(N(CCCN(C)C)C(=O)CS(=O)(=O)c3ccc(C)cc3)sc2c1. The quantitative estimate of drug-likeness (QED) is 0.486. The maximum atomic E-state index is 13.2. The number of aryl methyl sites for hydroxylation is 1. The summed E-state index contributed by atoms with van der Waals surface area (Å²) in [7, 11) is 1.75. The van der Waals surface area contributed by atoms with Crippen molar-refractivity contribution in [3.63, 3.8) is 0 Å². The number of sulfone groups is 1. The second-order valence-electron chi connectivity index (χ2n) is 7.60. The number of rotatable bonds is 9. The molecule has 3 aromatic rings. The molecule has 0 fully saturated rings. The largest absolute Gasteiger partial charge is 0.497 e. The highest BCUT2D eigenvalue weighted by atomic mass is 32.2. The molecule has 1 amide bonds. The Balaban J connectivity index is 1.89. The van der Waals surface area contributed by atoms with Gasteiger partial charge in [-0.05, 0) is 64.3 Å². The minimum Gasteiger partial charge on any atom is -0.497 e. The number of thiazole rings is 1. The lowest BCUT2D eigenvalue weighted by atomic mass is 10.2. The zero-order valence-corrected chi connectivity index (χ0v) is 19.8. The smallest absolute Gasteiger partial charge is 0.244 e. The molecule has 0 aliphatic rings. The topological polar surface area (TPSA) is 79.8 Å². The molecule has 31 heavy (non-hydrogen) atoms. The molecule has 1 heterocycles. The van der Waals surface area contributed by atoms with Gasteiger partial charge in [0.2, 0.25) is 5.91 Å². The fourth-order valence-corrected chi connectivity index (χ4v) is 5.31. The van der Waals surface area contributed by atoms with Gasteiger partial charge < -0.3 is 9.64 Å². The van der Waals surface area contributed by atoms with Crippen LogP contribution in [-0.2, 0) is 14.6 Å². The van der Waals surface area contributed by atoms with Crippen LogP contribution in [0.15, 0.2) is 47.4 Å². The van der Waals surface area contributed by atoms with Crippen LogP contribution >= 0.6 is 11.3 Å². The van der Waals surface area contributed by atoms with Crippen molar-refractivity contribution in [3.8, 4) is 5.75 Å². The number of aromatic nitrogens is 1. The number of benzene rings is 2. The Morgan fingerprint density at radius 3 is 2.45 bits per heavy atom. The van der Waals surface area contributed by atoms with Gasteiger partial charge in [0.1, 0.15) is 11.5 Å². The molecular formula is C22H27N3O4S2. The first-order chi connectivity index (χ1) is 14.7. The van der Waals surface area contributed by atoms with Gasteiger partial charge >= 0.3 is 0 Å². The second-order valence-corrected chi connectivity index (χ2v) is 10.6. The highest BCUT2D eigenvalue weighted by Gasteiger charge is 2.26. The third-order valence-corrected chi connectivity index (χ3v) is 7.46. The minimum absolute atomic E-state index is 0.147. The van der Waals surface area contributed by atoms with Crippen LogP contribution < -0.4 is 9.64 Å². The standard InChI is InChI=1S/C22H27N3O4S2/c1-16-6-9-18(10-7-16)31(27,28)15-21(26)25(13-5-12-24(2)3)22-23-19-11-8-17(29-4)14-20(19)30-22/h6-11,14H,5,12-13,15H2,1-4H3. The Labute approximate surface area is 187 Å². The van der Waals surface area contributed by atoms with Crippen molar-refractivity contribution in [2.24, 2.45) is 0 Å². The predicted molar refractivity (Wildman–Crippen MR) is 125 cm³/mol. The summed E-state index contributed by atoms with van der Waals surface area (Å²) in [4.78, 5) is 21.4. The van der Waals surface area contributed by atoms with E-state index in [1.54, 1.807) is 19.2 Å². The van der Waals surface area contributed by atoms with E-state index in [0.29, 0.717) is 23.8 Å². The van der Waals surface area contributed by atoms with E-state index < -0.39 is 21.5 Å². The molecule has 0 saturated heterocycles. The molecule has 0 bridgehead atoms. The Kier molecular flexibility index (Phi) is 7.30. The number of fused-ring (bicyclic) bond motifs is 1. The highest BCUT2D eigenvalue weighted by Crippen LogP contribution is 2.32. The van der Waals surface area contributed by atoms with E-state index in [2.05, 4.69) is 4.98 Å². The van der Waals surface area contributed by atoms with E-state index in [0.717, 1.165) is 22.3 Å². The lowest BCUT2D eigenvalue weighted by molar-refractivity contribution is -0.116. The molecule has 0 unspecified atom stereocenters. The average Bonchev–Trinajstić information content (AvgIpc) is 3.13. The van der Waals surface area contributed by atoms with E-state index in [4.69, 9.17) is 4.74 Å². The van der Waals surface area contributed by atoms with Crippen LogP contribution in [0.5, 0.6) is 5.75 Å². The number of amides is 1. The van der Waals surface area contributed by atoms with Crippen LogP contribution in [0.2, 0.25) is 0 Å². The summed E-state index contributed by atoms with van der Waals surface area (Å²) in [5.41, 5.74) is 1.70. The summed E-state index contributed by atoms with van der Waals surface area (Å²) in [6.45, 7) is 3.04. The van der Waals surface area contributed by atoms with Gasteiger partial charge in [0.15, 0.2) is 15.0 Å². The molecule has 9 heteroatoms. The van der Waals surface area contributed by atoms with Crippen molar-refractivity contribution in [1.82, 2.24) is 9.88 Å². The Bertz CT molecular complexity index is 1160.